The number of amides is 1. The highest BCUT2D eigenvalue weighted by Crippen LogP contribution is 2.20. The van der Waals surface area contributed by atoms with Crippen LogP contribution in [0.3, 0.4) is 0 Å². The topological polar surface area (TPSA) is 49.6 Å². The van der Waals surface area contributed by atoms with Gasteiger partial charge in [-0.3, -0.25) is 4.79 Å². The second-order valence-corrected chi connectivity index (χ2v) is 6.15. The summed E-state index contributed by atoms with van der Waals surface area (Å²) in [5.74, 6) is 0.102. The summed E-state index contributed by atoms with van der Waals surface area (Å²) in [6.07, 6.45) is 4.33. The van der Waals surface area contributed by atoms with E-state index >= 15 is 0 Å². The molecule has 21 heavy (non-hydrogen) atoms. The maximum Gasteiger partial charge on any atom is 0.224 e. The molecule has 1 atom stereocenters. The number of rotatable bonds is 5. The van der Waals surface area contributed by atoms with E-state index in [-0.39, 0.29) is 11.9 Å². The molecule has 0 aliphatic carbocycles. The lowest BCUT2D eigenvalue weighted by atomic mass is 10.1. The molecular weight excluding hydrogens is 262 g/mol. The second-order valence-electron chi connectivity index (χ2n) is 6.15. The van der Waals surface area contributed by atoms with E-state index in [0.717, 1.165) is 18.7 Å². The van der Waals surface area contributed by atoms with Crippen molar-refractivity contribution in [3.8, 4) is 0 Å². The van der Waals surface area contributed by atoms with Crippen molar-refractivity contribution in [2.24, 2.45) is 5.73 Å². The van der Waals surface area contributed by atoms with Crippen LogP contribution in [-0.2, 0) is 11.3 Å². The maximum atomic E-state index is 11.9. The molecule has 2 rings (SSSR count). The number of hydrogen-bond donors (Lipinski definition) is 1. The molecule has 116 valence electrons. The van der Waals surface area contributed by atoms with Crippen molar-refractivity contribution in [1.29, 1.82) is 0 Å². The molecule has 1 aromatic carbocycles. The van der Waals surface area contributed by atoms with Gasteiger partial charge in [-0.1, -0.05) is 12.1 Å². The lowest BCUT2D eigenvalue weighted by molar-refractivity contribution is -0.130. The van der Waals surface area contributed by atoms with Crippen LogP contribution in [0.5, 0.6) is 0 Å². The molecule has 1 aliphatic heterocycles. The van der Waals surface area contributed by atoms with Crippen molar-refractivity contribution in [2.45, 2.75) is 45.2 Å². The van der Waals surface area contributed by atoms with Crippen LogP contribution in [0.15, 0.2) is 24.3 Å². The van der Waals surface area contributed by atoms with Gasteiger partial charge in [-0.25, -0.2) is 0 Å². The number of nitrogens with two attached hydrogens (primary N) is 1. The SMILES string of the molecule is CC(N)CC(=O)N(C)Cc1ccc(N2CCCCC2)cc1. The first-order valence-electron chi connectivity index (χ1n) is 7.89. The van der Waals surface area contributed by atoms with Crippen LogP contribution >= 0.6 is 0 Å². The van der Waals surface area contributed by atoms with Gasteiger partial charge in [-0.05, 0) is 43.9 Å². The Balaban J connectivity index is 1.91. The molecule has 1 fully saturated rings. The minimum absolute atomic E-state index is 0.0820. The summed E-state index contributed by atoms with van der Waals surface area (Å²) in [5, 5.41) is 0. The highest BCUT2D eigenvalue weighted by Gasteiger charge is 2.13. The Morgan fingerprint density at radius 1 is 1.24 bits per heavy atom. The number of carbonyl (C=O) groups is 1. The van der Waals surface area contributed by atoms with Crippen LogP contribution < -0.4 is 10.6 Å². The fourth-order valence-electron chi connectivity index (χ4n) is 2.76. The average molecular weight is 289 g/mol. The largest absolute Gasteiger partial charge is 0.372 e. The predicted octanol–water partition coefficient (Wildman–Crippen LogP) is 2.37. The van der Waals surface area contributed by atoms with E-state index in [1.807, 2.05) is 14.0 Å². The number of hydrogen-bond acceptors (Lipinski definition) is 3. The Morgan fingerprint density at radius 2 is 1.86 bits per heavy atom. The third-order valence-electron chi connectivity index (χ3n) is 4.00. The van der Waals surface area contributed by atoms with Crippen LogP contribution in [-0.4, -0.2) is 37.0 Å². The highest BCUT2D eigenvalue weighted by molar-refractivity contribution is 5.76. The van der Waals surface area contributed by atoms with Gasteiger partial charge < -0.3 is 15.5 Å². The zero-order chi connectivity index (χ0) is 15.2. The van der Waals surface area contributed by atoms with E-state index in [2.05, 4.69) is 29.2 Å². The van der Waals surface area contributed by atoms with Crippen molar-refractivity contribution >= 4 is 11.6 Å². The third kappa shape index (κ3) is 4.74. The van der Waals surface area contributed by atoms with Crippen molar-refractivity contribution in [3.05, 3.63) is 29.8 Å². The molecule has 1 aliphatic rings. The number of benzene rings is 1. The van der Waals surface area contributed by atoms with Gasteiger partial charge >= 0.3 is 0 Å². The van der Waals surface area contributed by atoms with Crippen molar-refractivity contribution in [2.75, 3.05) is 25.0 Å². The lowest BCUT2D eigenvalue weighted by Crippen LogP contribution is -2.31. The van der Waals surface area contributed by atoms with Crippen molar-refractivity contribution < 1.29 is 4.79 Å². The summed E-state index contributed by atoms with van der Waals surface area (Å²) in [6.45, 7) is 4.82. The van der Waals surface area contributed by atoms with Gasteiger partial charge in [0.1, 0.15) is 0 Å². The van der Waals surface area contributed by atoms with Crippen LogP contribution in [0.25, 0.3) is 0 Å². The molecule has 1 unspecified atom stereocenters. The molecule has 0 spiro atoms. The first kappa shape index (κ1) is 15.8. The third-order valence-corrected chi connectivity index (χ3v) is 4.00. The van der Waals surface area contributed by atoms with Crippen LogP contribution in [0.4, 0.5) is 5.69 Å². The molecule has 4 heteroatoms. The first-order chi connectivity index (χ1) is 10.1. The zero-order valence-corrected chi connectivity index (χ0v) is 13.2. The van der Waals surface area contributed by atoms with E-state index in [1.165, 1.54) is 24.9 Å². The Labute approximate surface area is 127 Å². The number of anilines is 1. The Bertz CT molecular complexity index is 450. The maximum absolute atomic E-state index is 11.9. The molecule has 0 radical (unpaired) electrons. The van der Waals surface area contributed by atoms with Gasteiger partial charge in [0.2, 0.25) is 5.91 Å². The van der Waals surface area contributed by atoms with Crippen molar-refractivity contribution in [3.63, 3.8) is 0 Å². The number of nitrogens with zero attached hydrogens (tertiary/aromatic N) is 2. The van der Waals surface area contributed by atoms with Gasteiger partial charge in [0.15, 0.2) is 0 Å². The van der Waals surface area contributed by atoms with Gasteiger partial charge in [-0.2, -0.15) is 0 Å². The number of piperidine rings is 1. The molecule has 4 nitrogen and oxygen atoms in total. The summed E-state index contributed by atoms with van der Waals surface area (Å²) in [4.78, 5) is 16.1. The number of carbonyl (C=O) groups excluding carboxylic acids is 1. The molecule has 0 saturated carbocycles. The first-order valence-corrected chi connectivity index (χ1v) is 7.89. The summed E-state index contributed by atoms with van der Waals surface area (Å²) in [5.41, 5.74) is 8.13. The van der Waals surface area contributed by atoms with Gasteiger partial charge in [0, 0.05) is 44.8 Å². The molecule has 2 N–H and O–H groups in total. The highest BCUT2D eigenvalue weighted by atomic mass is 16.2. The van der Waals surface area contributed by atoms with Crippen LogP contribution in [0.1, 0.15) is 38.2 Å². The van der Waals surface area contributed by atoms with Gasteiger partial charge in [0.25, 0.3) is 0 Å². The molecule has 1 amide bonds. The van der Waals surface area contributed by atoms with Gasteiger partial charge in [0.05, 0.1) is 0 Å². The smallest absolute Gasteiger partial charge is 0.224 e. The Morgan fingerprint density at radius 3 is 2.43 bits per heavy atom. The van der Waals surface area contributed by atoms with Gasteiger partial charge in [-0.15, -0.1) is 0 Å². The molecule has 1 aromatic rings. The molecule has 0 aromatic heterocycles. The summed E-state index contributed by atoms with van der Waals surface area (Å²) in [7, 11) is 1.84. The van der Waals surface area contributed by atoms with E-state index in [9.17, 15) is 4.79 Å². The quantitative estimate of drug-likeness (QED) is 0.905. The monoisotopic (exact) mass is 289 g/mol. The fraction of sp³-hybridized carbons (Fsp3) is 0.588. The summed E-state index contributed by atoms with van der Waals surface area (Å²) < 4.78 is 0. The normalized spacial score (nSPS) is 16.6. The minimum atomic E-state index is -0.0820. The Kier molecular flexibility index (Phi) is 5.62. The van der Waals surface area contributed by atoms with Crippen LogP contribution in [0, 0.1) is 0 Å². The van der Waals surface area contributed by atoms with Crippen molar-refractivity contribution in [1.82, 2.24) is 4.90 Å². The predicted molar refractivity (Wildman–Crippen MR) is 87.2 cm³/mol. The second kappa shape index (κ2) is 7.46. The molecule has 1 heterocycles. The zero-order valence-electron chi connectivity index (χ0n) is 13.2. The summed E-state index contributed by atoms with van der Waals surface area (Å²) >= 11 is 0. The minimum Gasteiger partial charge on any atom is -0.372 e. The lowest BCUT2D eigenvalue weighted by Gasteiger charge is -2.29. The molecular formula is C17H27N3O. The van der Waals surface area contributed by atoms with E-state index in [0.29, 0.717) is 13.0 Å². The Hall–Kier alpha value is -1.55. The summed E-state index contributed by atoms with van der Waals surface area (Å²) in [6, 6.07) is 8.51. The van der Waals surface area contributed by atoms with E-state index in [4.69, 9.17) is 5.73 Å². The molecule has 1 saturated heterocycles. The van der Waals surface area contributed by atoms with E-state index < -0.39 is 0 Å². The van der Waals surface area contributed by atoms with E-state index in [1.54, 1.807) is 4.90 Å². The standard InChI is InChI=1S/C17H27N3O/c1-14(18)12-17(21)19(2)13-15-6-8-16(9-7-15)20-10-4-3-5-11-20/h6-9,14H,3-5,10-13,18H2,1-2H3. The van der Waals surface area contributed by atoms with Crippen LogP contribution in [0.2, 0.25) is 0 Å². The molecule has 0 bridgehead atoms. The average Bonchev–Trinajstić information content (AvgIpc) is 2.48. The fourth-order valence-corrected chi connectivity index (χ4v) is 2.76.